The van der Waals surface area contributed by atoms with Crippen molar-refractivity contribution in [1.29, 1.82) is 0 Å². The van der Waals surface area contributed by atoms with Gasteiger partial charge in [0.25, 0.3) is 5.08 Å². The SMILES string of the molecule is CC(C)c1cncn1CC(O)(P(=O)(O)O)P(=O)(O)O. The first-order chi connectivity index (χ1) is 8.40. The Hall–Kier alpha value is -0.530. The molecule has 0 spiro atoms. The van der Waals surface area contributed by atoms with Gasteiger partial charge in [-0.3, -0.25) is 9.13 Å². The van der Waals surface area contributed by atoms with E-state index in [2.05, 4.69) is 4.98 Å². The summed E-state index contributed by atoms with van der Waals surface area (Å²) in [6.07, 6.45) is 2.54. The van der Waals surface area contributed by atoms with E-state index in [-0.39, 0.29) is 5.92 Å². The van der Waals surface area contributed by atoms with Crippen molar-refractivity contribution in [3.05, 3.63) is 18.2 Å². The summed E-state index contributed by atoms with van der Waals surface area (Å²) in [4.78, 5) is 39.9. The van der Waals surface area contributed by atoms with Crippen LogP contribution in [-0.2, 0) is 15.7 Å². The fourth-order valence-corrected chi connectivity index (χ4v) is 3.56. The molecule has 5 N–H and O–H groups in total. The minimum atomic E-state index is -5.46. The topological polar surface area (TPSA) is 153 Å². The minimum absolute atomic E-state index is 0.0970. The summed E-state index contributed by atoms with van der Waals surface area (Å²) in [5.74, 6) is -0.0970. The Bertz CT molecular complexity index is 521. The van der Waals surface area contributed by atoms with E-state index in [9.17, 15) is 14.2 Å². The molecule has 0 aliphatic rings. The van der Waals surface area contributed by atoms with Gasteiger partial charge in [0.15, 0.2) is 0 Å². The van der Waals surface area contributed by atoms with Gasteiger partial charge in [-0.25, -0.2) is 4.98 Å². The zero-order valence-corrected chi connectivity index (χ0v) is 12.1. The largest absolute Gasteiger partial charge is 0.371 e. The van der Waals surface area contributed by atoms with Gasteiger partial charge in [0.2, 0.25) is 0 Å². The molecule has 19 heavy (non-hydrogen) atoms. The second-order valence-corrected chi connectivity index (χ2v) is 8.47. The number of hydrogen-bond acceptors (Lipinski definition) is 4. The van der Waals surface area contributed by atoms with Crippen LogP contribution in [0.1, 0.15) is 25.5 Å². The third-order valence-electron chi connectivity index (χ3n) is 2.65. The summed E-state index contributed by atoms with van der Waals surface area (Å²) in [6, 6.07) is 0. The molecule has 0 amide bonds. The molecule has 1 aromatic heterocycles. The van der Waals surface area contributed by atoms with E-state index >= 15 is 0 Å². The zero-order chi connectivity index (χ0) is 15.1. The van der Waals surface area contributed by atoms with Crippen molar-refractivity contribution >= 4 is 15.2 Å². The van der Waals surface area contributed by atoms with Gasteiger partial charge >= 0.3 is 15.2 Å². The zero-order valence-electron chi connectivity index (χ0n) is 10.3. The van der Waals surface area contributed by atoms with Crippen LogP contribution in [0.2, 0.25) is 0 Å². The first kappa shape index (κ1) is 16.5. The van der Waals surface area contributed by atoms with E-state index in [4.69, 9.17) is 19.6 Å². The Morgan fingerprint density at radius 2 is 1.74 bits per heavy atom. The Balaban J connectivity index is 3.28. The van der Waals surface area contributed by atoms with E-state index in [1.165, 1.54) is 6.20 Å². The summed E-state index contributed by atoms with van der Waals surface area (Å²) in [7, 11) is -10.9. The van der Waals surface area contributed by atoms with Gasteiger partial charge in [-0.1, -0.05) is 13.8 Å². The molecule has 0 atom stereocenters. The van der Waals surface area contributed by atoms with Crippen LogP contribution < -0.4 is 0 Å². The lowest BCUT2D eigenvalue weighted by molar-refractivity contribution is 0.114. The summed E-state index contributed by atoms with van der Waals surface area (Å²) >= 11 is 0. The highest BCUT2D eigenvalue weighted by atomic mass is 31.2. The van der Waals surface area contributed by atoms with Gasteiger partial charge in [0.1, 0.15) is 0 Å². The quantitative estimate of drug-likeness (QED) is 0.476. The van der Waals surface area contributed by atoms with E-state index in [1.807, 2.05) is 0 Å². The average Bonchev–Trinajstić information content (AvgIpc) is 2.61. The van der Waals surface area contributed by atoms with Gasteiger partial charge in [-0.05, 0) is 5.92 Å². The van der Waals surface area contributed by atoms with Crippen molar-refractivity contribution in [2.24, 2.45) is 0 Å². The van der Waals surface area contributed by atoms with E-state index in [1.54, 1.807) is 13.8 Å². The Labute approximate surface area is 109 Å². The predicted molar refractivity (Wildman–Crippen MR) is 65.4 cm³/mol. The summed E-state index contributed by atoms with van der Waals surface area (Å²) in [5, 5.41) is 6.32. The molecule has 1 rings (SSSR count). The third-order valence-corrected chi connectivity index (χ3v) is 6.36. The molecular formula is C8H16N2O7P2. The number of nitrogens with zero attached hydrogens (tertiary/aromatic N) is 2. The number of aliphatic hydroxyl groups is 1. The van der Waals surface area contributed by atoms with Crippen molar-refractivity contribution in [2.45, 2.75) is 31.4 Å². The van der Waals surface area contributed by atoms with Crippen molar-refractivity contribution in [3.8, 4) is 0 Å². The van der Waals surface area contributed by atoms with Crippen LogP contribution in [0.15, 0.2) is 12.5 Å². The van der Waals surface area contributed by atoms with Crippen molar-refractivity contribution in [2.75, 3.05) is 0 Å². The van der Waals surface area contributed by atoms with Gasteiger partial charge < -0.3 is 29.2 Å². The van der Waals surface area contributed by atoms with Crippen LogP contribution in [0, 0.1) is 0 Å². The molecule has 0 fully saturated rings. The molecule has 0 saturated heterocycles. The van der Waals surface area contributed by atoms with Crippen LogP contribution >= 0.6 is 15.2 Å². The van der Waals surface area contributed by atoms with Crippen LogP contribution in [0.3, 0.4) is 0 Å². The smallest absolute Gasteiger partial charge is 0.366 e. The molecular weight excluding hydrogens is 298 g/mol. The summed E-state index contributed by atoms with van der Waals surface area (Å²) in [6.45, 7) is 2.58. The molecule has 0 bridgehead atoms. The molecule has 0 aliphatic heterocycles. The molecule has 9 nitrogen and oxygen atoms in total. The van der Waals surface area contributed by atoms with Gasteiger partial charge in [-0.15, -0.1) is 0 Å². The van der Waals surface area contributed by atoms with Crippen LogP contribution in [-0.4, -0.2) is 39.3 Å². The third kappa shape index (κ3) is 3.14. The normalized spacial score (nSPS) is 14.1. The summed E-state index contributed by atoms with van der Waals surface area (Å²) < 4.78 is 23.6. The number of aromatic nitrogens is 2. The van der Waals surface area contributed by atoms with Crippen molar-refractivity contribution < 1.29 is 33.8 Å². The lowest BCUT2D eigenvalue weighted by Crippen LogP contribution is -2.34. The highest BCUT2D eigenvalue weighted by Crippen LogP contribution is 2.68. The van der Waals surface area contributed by atoms with Crippen LogP contribution in [0.25, 0.3) is 0 Å². The van der Waals surface area contributed by atoms with E-state index in [0.29, 0.717) is 5.69 Å². The second kappa shape index (κ2) is 5.10. The molecule has 0 radical (unpaired) electrons. The van der Waals surface area contributed by atoms with Crippen molar-refractivity contribution in [1.82, 2.24) is 9.55 Å². The maximum absolute atomic E-state index is 11.2. The summed E-state index contributed by atoms with van der Waals surface area (Å²) in [5.41, 5.74) is 0.486. The molecule has 0 aliphatic carbocycles. The Kier molecular flexibility index (Phi) is 4.44. The van der Waals surface area contributed by atoms with Gasteiger partial charge in [0, 0.05) is 11.9 Å². The molecule has 1 heterocycles. The van der Waals surface area contributed by atoms with E-state index < -0.39 is 26.8 Å². The Morgan fingerprint density at radius 1 is 1.26 bits per heavy atom. The molecule has 11 heteroatoms. The van der Waals surface area contributed by atoms with Crippen molar-refractivity contribution in [3.63, 3.8) is 0 Å². The number of imidazole rings is 1. The minimum Gasteiger partial charge on any atom is -0.366 e. The predicted octanol–water partition coefficient (Wildman–Crippen LogP) is 0.00800. The van der Waals surface area contributed by atoms with Crippen LogP contribution in [0.4, 0.5) is 0 Å². The fourth-order valence-electron chi connectivity index (χ4n) is 1.53. The van der Waals surface area contributed by atoms with Crippen LogP contribution in [0.5, 0.6) is 0 Å². The molecule has 0 saturated carbocycles. The monoisotopic (exact) mass is 314 g/mol. The second-order valence-electron chi connectivity index (χ2n) is 4.46. The standard InChI is InChI=1S/C8H16N2O7P2/c1-6(2)7-3-9-5-10(7)4-8(11,18(12,13)14)19(15,16)17/h3,5-6,11H,4H2,1-2H3,(H2,12,13,14)(H2,15,16,17). The first-order valence-corrected chi connectivity index (χ1v) is 8.46. The highest BCUT2D eigenvalue weighted by molar-refractivity contribution is 7.72. The number of hydrogen-bond donors (Lipinski definition) is 5. The lowest BCUT2D eigenvalue weighted by atomic mass is 10.1. The maximum Gasteiger partial charge on any atom is 0.371 e. The fraction of sp³-hybridized carbons (Fsp3) is 0.625. The van der Waals surface area contributed by atoms with Gasteiger partial charge in [-0.2, -0.15) is 0 Å². The highest BCUT2D eigenvalue weighted by Gasteiger charge is 2.59. The molecule has 0 unspecified atom stereocenters. The van der Waals surface area contributed by atoms with E-state index in [0.717, 1.165) is 10.9 Å². The average molecular weight is 314 g/mol. The lowest BCUT2D eigenvalue weighted by Gasteiger charge is -2.30. The number of rotatable bonds is 5. The maximum atomic E-state index is 11.2. The first-order valence-electron chi connectivity index (χ1n) is 5.24. The van der Waals surface area contributed by atoms with Gasteiger partial charge in [0.05, 0.1) is 12.9 Å². The Morgan fingerprint density at radius 3 is 2.11 bits per heavy atom. The molecule has 0 aromatic carbocycles. The molecule has 1 aromatic rings. The molecule has 110 valence electrons.